The van der Waals surface area contributed by atoms with Crippen molar-refractivity contribution < 1.29 is 54.0 Å². The minimum atomic E-state index is -1.59. The third kappa shape index (κ3) is 11.6. The van der Waals surface area contributed by atoms with Gasteiger partial charge in [0.15, 0.2) is 11.5 Å². The molecule has 1 aromatic carbocycles. The molecular weight excluding hydrogens is 666 g/mol. The number of nitrogens with two attached hydrogens (primary N) is 1. The number of hydrogen-bond donors (Lipinski definition) is 11. The summed E-state index contributed by atoms with van der Waals surface area (Å²) in [7, 11) is 0. The van der Waals surface area contributed by atoms with Crippen molar-refractivity contribution in [2.75, 3.05) is 29.5 Å². The summed E-state index contributed by atoms with van der Waals surface area (Å²) in [5.41, 5.74) is 6.39. The second kappa shape index (κ2) is 17.6. The number of aromatic amines is 1. The molecule has 1 aliphatic rings. The predicted octanol–water partition coefficient (Wildman–Crippen LogP) is -1.29. The average Bonchev–Trinajstić information content (AvgIpc) is 3.05. The standard InChI is InChI=1S/C29H35N9O12/c30-29-37-23-22(25(44)38-29)33-15(12-32-23)11-31-14-3-1-13(2-4-14)24(43)36-18(28(49)50)6-9-20(40)34-16(26(45)46)5-8-19(39)35-17(27(47)48)7-10-21(41)42/h1-4,16-18,31H,5-12H2,(H,34,40)(H,35,39)(H,36,43)(H,41,42)(H,45,46)(H,47,48)(H,49,50)(H4,30,32,37,38,44)/t16-,17-,18-/m0/s1. The Morgan fingerprint density at radius 1 is 0.780 bits per heavy atom. The van der Waals surface area contributed by atoms with E-state index >= 15 is 0 Å². The number of carbonyl (C=O) groups is 7. The van der Waals surface area contributed by atoms with Crippen LogP contribution in [0.15, 0.2) is 34.1 Å². The van der Waals surface area contributed by atoms with Gasteiger partial charge >= 0.3 is 23.9 Å². The lowest BCUT2D eigenvalue weighted by Crippen LogP contribution is -2.45. The second-order valence-electron chi connectivity index (χ2n) is 10.9. The van der Waals surface area contributed by atoms with Gasteiger partial charge in [-0.1, -0.05) is 0 Å². The molecule has 1 aromatic heterocycles. The number of anilines is 3. The Labute approximate surface area is 281 Å². The van der Waals surface area contributed by atoms with Gasteiger partial charge in [-0.25, -0.2) is 19.4 Å². The van der Waals surface area contributed by atoms with Gasteiger partial charge in [0, 0.05) is 30.5 Å². The van der Waals surface area contributed by atoms with Gasteiger partial charge in [0.1, 0.15) is 18.1 Å². The molecule has 21 nitrogen and oxygen atoms in total. The summed E-state index contributed by atoms with van der Waals surface area (Å²) in [6, 6.07) is 1.35. The van der Waals surface area contributed by atoms with E-state index in [-0.39, 0.29) is 29.6 Å². The lowest BCUT2D eigenvalue weighted by Gasteiger charge is -2.18. The van der Waals surface area contributed by atoms with Gasteiger partial charge in [-0.05, 0) is 43.5 Å². The Balaban J connectivity index is 1.48. The fraction of sp³-hybridized carbons (Fsp3) is 0.379. The quantitative estimate of drug-likeness (QED) is 0.0811. The van der Waals surface area contributed by atoms with Crippen molar-refractivity contribution in [2.45, 2.75) is 56.7 Å². The molecule has 3 rings (SSSR count). The van der Waals surface area contributed by atoms with Crippen LogP contribution >= 0.6 is 0 Å². The first-order valence-corrected chi connectivity index (χ1v) is 15.0. The van der Waals surface area contributed by atoms with Crippen molar-refractivity contribution in [1.29, 1.82) is 0 Å². The van der Waals surface area contributed by atoms with E-state index in [0.29, 0.717) is 17.9 Å². The average molecular weight is 702 g/mol. The number of hydrogen-bond acceptors (Lipinski definition) is 13. The first-order chi connectivity index (χ1) is 23.6. The Hall–Kier alpha value is -6.54. The maximum absolute atomic E-state index is 12.8. The number of aliphatic imine (C=N–C) groups is 1. The topological polar surface area (TPSA) is 345 Å². The Morgan fingerprint density at radius 3 is 1.82 bits per heavy atom. The van der Waals surface area contributed by atoms with Crippen molar-refractivity contribution in [1.82, 2.24) is 25.9 Å². The molecule has 0 radical (unpaired) electrons. The van der Waals surface area contributed by atoms with Gasteiger partial charge in [0.2, 0.25) is 17.8 Å². The lowest BCUT2D eigenvalue weighted by molar-refractivity contribution is -0.144. The van der Waals surface area contributed by atoms with Gasteiger partial charge in [0.25, 0.3) is 11.5 Å². The van der Waals surface area contributed by atoms with Crippen molar-refractivity contribution in [3.63, 3.8) is 0 Å². The van der Waals surface area contributed by atoms with Crippen LogP contribution in [0.25, 0.3) is 0 Å². The van der Waals surface area contributed by atoms with E-state index in [9.17, 15) is 48.6 Å². The number of carboxylic acids is 4. The van der Waals surface area contributed by atoms with Gasteiger partial charge in [0.05, 0.1) is 18.8 Å². The number of carbonyl (C=O) groups excluding carboxylic acids is 3. The van der Waals surface area contributed by atoms with E-state index in [4.69, 9.17) is 15.9 Å². The molecule has 50 heavy (non-hydrogen) atoms. The van der Waals surface area contributed by atoms with Crippen LogP contribution in [0.3, 0.4) is 0 Å². The summed E-state index contributed by atoms with van der Waals surface area (Å²) in [6.07, 6.45) is -2.82. The second-order valence-corrected chi connectivity index (χ2v) is 10.9. The number of nitrogens with one attached hydrogen (secondary N) is 6. The molecule has 1 aliphatic heterocycles. The third-order valence-corrected chi connectivity index (χ3v) is 7.12. The normalized spacial score (nSPS) is 13.6. The van der Waals surface area contributed by atoms with E-state index in [2.05, 4.69) is 41.5 Å². The Bertz CT molecular complexity index is 1720. The fourth-order valence-corrected chi connectivity index (χ4v) is 4.51. The summed E-state index contributed by atoms with van der Waals surface area (Å²) in [6.45, 7) is 0.534. The van der Waals surface area contributed by atoms with Crippen LogP contribution in [0.5, 0.6) is 0 Å². The summed E-state index contributed by atoms with van der Waals surface area (Å²) < 4.78 is 0. The molecule has 12 N–H and O–H groups in total. The molecule has 0 aliphatic carbocycles. The van der Waals surface area contributed by atoms with Gasteiger partial charge in [-0.3, -0.25) is 29.0 Å². The number of nitrogens with zero attached hydrogens (tertiary/aromatic N) is 2. The highest BCUT2D eigenvalue weighted by Crippen LogP contribution is 2.21. The van der Waals surface area contributed by atoms with Crippen molar-refractivity contribution in [3.05, 3.63) is 40.2 Å². The summed E-state index contributed by atoms with van der Waals surface area (Å²) in [4.78, 5) is 105. The monoisotopic (exact) mass is 701 g/mol. The number of amides is 3. The highest BCUT2D eigenvalue weighted by molar-refractivity contribution is 5.98. The van der Waals surface area contributed by atoms with Gasteiger partial charge in [-0.15, -0.1) is 0 Å². The van der Waals surface area contributed by atoms with Crippen LogP contribution in [-0.4, -0.2) is 109 Å². The molecule has 21 heteroatoms. The molecule has 2 aromatic rings. The minimum Gasteiger partial charge on any atom is -0.481 e. The zero-order valence-corrected chi connectivity index (χ0v) is 26.2. The number of H-pyrrole nitrogens is 1. The smallest absolute Gasteiger partial charge is 0.326 e. The largest absolute Gasteiger partial charge is 0.481 e. The zero-order valence-electron chi connectivity index (χ0n) is 26.2. The first kappa shape index (κ1) is 37.9. The van der Waals surface area contributed by atoms with Crippen LogP contribution in [0, 0.1) is 0 Å². The molecule has 0 fully saturated rings. The summed E-state index contributed by atoms with van der Waals surface area (Å²) in [5.74, 6) is -8.03. The Morgan fingerprint density at radius 2 is 1.30 bits per heavy atom. The summed E-state index contributed by atoms with van der Waals surface area (Å²) in [5, 5.41) is 49.5. The molecule has 268 valence electrons. The molecule has 0 bridgehead atoms. The fourth-order valence-electron chi connectivity index (χ4n) is 4.51. The first-order valence-electron chi connectivity index (χ1n) is 15.0. The van der Waals surface area contributed by atoms with Crippen LogP contribution in [0.2, 0.25) is 0 Å². The molecule has 2 heterocycles. The predicted molar refractivity (Wildman–Crippen MR) is 173 cm³/mol. The molecule has 0 saturated heterocycles. The minimum absolute atomic E-state index is 0.0444. The zero-order chi connectivity index (χ0) is 37.0. The maximum atomic E-state index is 12.8. The molecule has 0 saturated carbocycles. The number of aliphatic carboxylic acids is 4. The van der Waals surface area contributed by atoms with E-state index in [0.717, 1.165) is 0 Å². The number of aromatic nitrogens is 2. The van der Waals surface area contributed by atoms with Crippen LogP contribution in [0.4, 0.5) is 23.1 Å². The van der Waals surface area contributed by atoms with Crippen molar-refractivity contribution in [2.24, 2.45) is 4.99 Å². The third-order valence-electron chi connectivity index (χ3n) is 7.12. The summed E-state index contributed by atoms with van der Waals surface area (Å²) >= 11 is 0. The number of benzene rings is 1. The van der Waals surface area contributed by atoms with Crippen LogP contribution < -0.4 is 37.9 Å². The lowest BCUT2D eigenvalue weighted by atomic mass is 10.1. The Kier molecular flexibility index (Phi) is 13.3. The van der Waals surface area contributed by atoms with Crippen molar-refractivity contribution in [3.8, 4) is 0 Å². The highest BCUT2D eigenvalue weighted by Gasteiger charge is 2.26. The van der Waals surface area contributed by atoms with Gasteiger partial charge in [-0.2, -0.15) is 4.98 Å². The molecule has 0 spiro atoms. The molecule has 3 atom stereocenters. The van der Waals surface area contributed by atoms with Gasteiger partial charge < -0.3 is 52.7 Å². The van der Waals surface area contributed by atoms with Crippen molar-refractivity contribution >= 4 is 70.5 Å². The van der Waals surface area contributed by atoms with Crippen LogP contribution in [-0.2, 0) is 28.8 Å². The van der Waals surface area contributed by atoms with E-state index in [1.807, 2.05) is 0 Å². The highest BCUT2D eigenvalue weighted by atomic mass is 16.4. The van der Waals surface area contributed by atoms with E-state index in [1.165, 1.54) is 12.1 Å². The van der Waals surface area contributed by atoms with E-state index in [1.54, 1.807) is 12.1 Å². The van der Waals surface area contributed by atoms with Crippen LogP contribution in [0.1, 0.15) is 48.9 Å². The molecule has 3 amide bonds. The molecular formula is C29H35N9O12. The maximum Gasteiger partial charge on any atom is 0.326 e. The number of carboxylic acid groups (broad SMARTS) is 4. The number of rotatable bonds is 19. The van der Waals surface area contributed by atoms with E-state index < -0.39 is 104 Å². The number of nitrogen functional groups attached to an aromatic ring is 1. The SMILES string of the molecule is Nc1nc2c(c(=O)[nH]1)N=C(CNc1ccc(C(=O)N[C@@H](CCC(=O)N[C@@H](CCC(=O)N[C@@H](CCC(=O)O)C(=O)O)C(=O)O)C(=O)O)cc1)CN2. The molecule has 0 unspecified atom stereocenters. The number of fused-ring (bicyclic) bond motifs is 1.